The molecule has 96 valence electrons. The van der Waals surface area contributed by atoms with Gasteiger partial charge in [0.2, 0.25) is 0 Å². The summed E-state index contributed by atoms with van der Waals surface area (Å²) < 4.78 is 5.75. The molecule has 0 aliphatic rings. The molecule has 1 aromatic carbocycles. The smallest absolute Gasteiger partial charge is 0.141 e. The maximum absolute atomic E-state index is 6.16. The third-order valence-electron chi connectivity index (χ3n) is 2.59. The number of thioether (sulfide) groups is 1. The Bertz CT molecular complexity index is 346. The van der Waals surface area contributed by atoms with Crippen molar-refractivity contribution < 1.29 is 4.74 Å². The first-order valence-electron chi connectivity index (χ1n) is 5.83. The first-order chi connectivity index (χ1) is 8.19. The van der Waals surface area contributed by atoms with Gasteiger partial charge in [0, 0.05) is 11.8 Å². The Morgan fingerprint density at radius 3 is 2.88 bits per heavy atom. The van der Waals surface area contributed by atoms with Crippen LogP contribution in [0.1, 0.15) is 18.9 Å². The Balaban J connectivity index is 2.76. The fraction of sp³-hybridized carbons (Fsp3) is 0.538. The van der Waals surface area contributed by atoms with Crippen molar-refractivity contribution in [3.63, 3.8) is 0 Å². The van der Waals surface area contributed by atoms with Crippen LogP contribution in [0.5, 0.6) is 5.75 Å². The topological polar surface area (TPSA) is 35.2 Å². The molecule has 0 fully saturated rings. The number of hydrogen-bond acceptors (Lipinski definition) is 3. The van der Waals surface area contributed by atoms with E-state index in [0.717, 1.165) is 29.9 Å². The van der Waals surface area contributed by atoms with E-state index in [9.17, 15) is 0 Å². The molecule has 0 heterocycles. The van der Waals surface area contributed by atoms with E-state index >= 15 is 0 Å². The molecule has 0 aromatic heterocycles. The van der Waals surface area contributed by atoms with Crippen LogP contribution >= 0.6 is 23.4 Å². The summed E-state index contributed by atoms with van der Waals surface area (Å²) in [4.78, 5) is 0. The van der Waals surface area contributed by atoms with Gasteiger partial charge in [-0.15, -0.1) is 0 Å². The highest BCUT2D eigenvalue weighted by Crippen LogP contribution is 2.29. The van der Waals surface area contributed by atoms with Crippen molar-refractivity contribution in [2.75, 3.05) is 18.6 Å². The largest absolute Gasteiger partial charge is 0.491 e. The first kappa shape index (κ1) is 14.7. The van der Waals surface area contributed by atoms with Crippen molar-refractivity contribution in [2.45, 2.75) is 25.8 Å². The van der Waals surface area contributed by atoms with Gasteiger partial charge in [-0.25, -0.2) is 0 Å². The molecule has 4 heteroatoms. The lowest BCUT2D eigenvalue weighted by molar-refractivity contribution is 0.339. The number of hydrogen-bond donors (Lipinski definition) is 1. The van der Waals surface area contributed by atoms with Crippen LogP contribution in [-0.4, -0.2) is 24.7 Å². The molecule has 0 radical (unpaired) electrons. The average molecular weight is 274 g/mol. The van der Waals surface area contributed by atoms with Crippen LogP contribution < -0.4 is 10.5 Å². The van der Waals surface area contributed by atoms with Crippen LogP contribution in [0.3, 0.4) is 0 Å². The minimum atomic E-state index is 0.163. The second-order valence-electron chi connectivity index (χ2n) is 3.94. The average Bonchev–Trinajstić information content (AvgIpc) is 2.32. The van der Waals surface area contributed by atoms with Crippen molar-refractivity contribution in [3.8, 4) is 5.75 Å². The molecule has 1 unspecified atom stereocenters. The van der Waals surface area contributed by atoms with Crippen LogP contribution in [0.2, 0.25) is 5.02 Å². The Labute approximate surface area is 113 Å². The summed E-state index contributed by atoms with van der Waals surface area (Å²) in [5, 5.41) is 0.673. The van der Waals surface area contributed by atoms with E-state index in [1.807, 2.05) is 18.2 Å². The van der Waals surface area contributed by atoms with Crippen LogP contribution in [0, 0.1) is 0 Å². The van der Waals surface area contributed by atoms with Gasteiger partial charge < -0.3 is 10.5 Å². The zero-order valence-corrected chi connectivity index (χ0v) is 12.0. The molecular weight excluding hydrogens is 254 g/mol. The maximum atomic E-state index is 6.16. The molecule has 0 spiro atoms. The van der Waals surface area contributed by atoms with Gasteiger partial charge in [0.1, 0.15) is 5.75 Å². The van der Waals surface area contributed by atoms with Gasteiger partial charge in [-0.05, 0) is 30.7 Å². The molecule has 0 saturated carbocycles. The third-order valence-corrected chi connectivity index (χ3v) is 3.46. The monoisotopic (exact) mass is 273 g/mol. The predicted molar refractivity (Wildman–Crippen MR) is 77.3 cm³/mol. The number of halogens is 1. The molecule has 2 N–H and O–H groups in total. The number of para-hydroxylation sites is 1. The lowest BCUT2D eigenvalue weighted by Crippen LogP contribution is -2.21. The summed E-state index contributed by atoms with van der Waals surface area (Å²) in [6.07, 6.45) is 3.83. The van der Waals surface area contributed by atoms with E-state index in [0.29, 0.717) is 11.6 Å². The molecular formula is C13H20ClNOS. The number of nitrogens with two attached hydrogens (primary N) is 1. The quantitative estimate of drug-likeness (QED) is 0.774. The molecule has 0 aliphatic heterocycles. The number of rotatable bonds is 7. The minimum Gasteiger partial charge on any atom is -0.491 e. The minimum absolute atomic E-state index is 0.163. The molecule has 2 nitrogen and oxygen atoms in total. The highest BCUT2D eigenvalue weighted by Gasteiger charge is 2.11. The van der Waals surface area contributed by atoms with Gasteiger partial charge >= 0.3 is 0 Å². The van der Waals surface area contributed by atoms with E-state index in [1.165, 1.54) is 0 Å². The van der Waals surface area contributed by atoms with Gasteiger partial charge in [0.15, 0.2) is 0 Å². The third kappa shape index (κ3) is 4.78. The maximum Gasteiger partial charge on any atom is 0.141 e. The molecule has 0 aliphatic carbocycles. The number of benzene rings is 1. The fourth-order valence-corrected chi connectivity index (χ4v) is 2.03. The van der Waals surface area contributed by atoms with Crippen molar-refractivity contribution in [2.24, 2.45) is 5.73 Å². The van der Waals surface area contributed by atoms with Crippen molar-refractivity contribution >= 4 is 23.4 Å². The SMILES string of the molecule is CCC(N)Cc1cccc(Cl)c1OCCSC. The van der Waals surface area contributed by atoms with E-state index in [1.54, 1.807) is 11.8 Å². The van der Waals surface area contributed by atoms with Gasteiger partial charge in [-0.3, -0.25) is 0 Å². The fourth-order valence-electron chi connectivity index (χ4n) is 1.53. The van der Waals surface area contributed by atoms with Gasteiger partial charge in [-0.2, -0.15) is 11.8 Å². The summed E-state index contributed by atoms with van der Waals surface area (Å²) in [6.45, 7) is 2.77. The van der Waals surface area contributed by atoms with E-state index in [2.05, 4.69) is 13.2 Å². The van der Waals surface area contributed by atoms with Gasteiger partial charge in [0.25, 0.3) is 0 Å². The molecule has 17 heavy (non-hydrogen) atoms. The van der Waals surface area contributed by atoms with Crippen LogP contribution in [0.4, 0.5) is 0 Å². The van der Waals surface area contributed by atoms with E-state index in [4.69, 9.17) is 22.1 Å². The molecule has 1 rings (SSSR count). The van der Waals surface area contributed by atoms with Gasteiger partial charge in [-0.1, -0.05) is 30.7 Å². The Morgan fingerprint density at radius 2 is 2.24 bits per heavy atom. The summed E-state index contributed by atoms with van der Waals surface area (Å²) in [6, 6.07) is 6.00. The van der Waals surface area contributed by atoms with E-state index in [-0.39, 0.29) is 6.04 Å². The normalized spacial score (nSPS) is 12.5. The zero-order valence-electron chi connectivity index (χ0n) is 10.4. The van der Waals surface area contributed by atoms with E-state index < -0.39 is 0 Å². The Hall–Kier alpha value is -0.380. The standard InChI is InChI=1S/C13H20ClNOS/c1-3-11(15)9-10-5-4-6-12(14)13(10)16-7-8-17-2/h4-6,11H,3,7-9,15H2,1-2H3. The van der Waals surface area contributed by atoms with Crippen LogP contribution in [0.15, 0.2) is 18.2 Å². The summed E-state index contributed by atoms with van der Waals surface area (Å²) in [5.41, 5.74) is 7.08. The summed E-state index contributed by atoms with van der Waals surface area (Å²) in [7, 11) is 0. The Kier molecular flexibility index (Phi) is 6.78. The van der Waals surface area contributed by atoms with Crippen molar-refractivity contribution in [3.05, 3.63) is 28.8 Å². The van der Waals surface area contributed by atoms with Crippen LogP contribution in [-0.2, 0) is 6.42 Å². The molecule has 1 atom stereocenters. The zero-order chi connectivity index (χ0) is 12.7. The van der Waals surface area contributed by atoms with Crippen molar-refractivity contribution in [1.82, 2.24) is 0 Å². The van der Waals surface area contributed by atoms with Gasteiger partial charge in [0.05, 0.1) is 11.6 Å². The highest BCUT2D eigenvalue weighted by atomic mass is 35.5. The van der Waals surface area contributed by atoms with Crippen molar-refractivity contribution in [1.29, 1.82) is 0 Å². The molecule has 0 saturated heterocycles. The lowest BCUT2D eigenvalue weighted by atomic mass is 10.0. The second kappa shape index (κ2) is 7.85. The predicted octanol–water partition coefficient (Wildman–Crippen LogP) is 3.36. The lowest BCUT2D eigenvalue weighted by Gasteiger charge is -2.15. The second-order valence-corrected chi connectivity index (χ2v) is 5.33. The first-order valence-corrected chi connectivity index (χ1v) is 7.61. The highest BCUT2D eigenvalue weighted by molar-refractivity contribution is 7.98. The molecule has 1 aromatic rings. The number of ether oxygens (including phenoxy) is 1. The molecule has 0 bridgehead atoms. The summed E-state index contributed by atoms with van der Waals surface area (Å²) >= 11 is 7.92. The van der Waals surface area contributed by atoms with Crippen LogP contribution in [0.25, 0.3) is 0 Å². The summed E-state index contributed by atoms with van der Waals surface area (Å²) in [5.74, 6) is 1.76. The Morgan fingerprint density at radius 1 is 1.47 bits per heavy atom. The molecule has 0 amide bonds.